The standard InChI is InChI=1S/C19H22N8/c1-12(2)27-13(3)23-15-10-22-18(8-16(15)27)24-17-4-6-21-19(25-17)26-7-5-14(9-20)11-26/h4,6,8,10,12,14H,5,7,11H2,1-3H3,(H,21,22,24,25). The van der Waals surface area contributed by atoms with E-state index in [1.54, 1.807) is 12.4 Å². The molecule has 1 fully saturated rings. The normalized spacial score (nSPS) is 16.9. The van der Waals surface area contributed by atoms with Crippen molar-refractivity contribution in [2.24, 2.45) is 5.92 Å². The van der Waals surface area contributed by atoms with Gasteiger partial charge < -0.3 is 14.8 Å². The smallest absolute Gasteiger partial charge is 0.227 e. The van der Waals surface area contributed by atoms with Crippen LogP contribution in [0.1, 0.15) is 32.1 Å². The van der Waals surface area contributed by atoms with Gasteiger partial charge in [-0.2, -0.15) is 10.2 Å². The molecule has 8 nitrogen and oxygen atoms in total. The minimum Gasteiger partial charge on any atom is -0.339 e. The fourth-order valence-corrected chi connectivity index (χ4v) is 3.59. The van der Waals surface area contributed by atoms with Crippen LogP contribution in [0.5, 0.6) is 0 Å². The molecule has 0 aliphatic carbocycles. The molecule has 1 atom stereocenters. The lowest BCUT2D eigenvalue weighted by atomic mass is 10.1. The fraction of sp³-hybridized carbons (Fsp3) is 0.421. The van der Waals surface area contributed by atoms with Crippen LogP contribution in [-0.4, -0.2) is 37.6 Å². The number of imidazole rings is 1. The summed E-state index contributed by atoms with van der Waals surface area (Å²) in [5.74, 6) is 3.06. The van der Waals surface area contributed by atoms with E-state index in [4.69, 9.17) is 5.26 Å². The molecular weight excluding hydrogens is 340 g/mol. The molecule has 0 amide bonds. The van der Waals surface area contributed by atoms with Crippen LogP contribution in [-0.2, 0) is 0 Å². The Bertz CT molecular complexity index is 1020. The first-order valence-electron chi connectivity index (χ1n) is 9.14. The van der Waals surface area contributed by atoms with E-state index in [1.807, 2.05) is 24.0 Å². The zero-order valence-electron chi connectivity index (χ0n) is 15.7. The third-order valence-corrected chi connectivity index (χ3v) is 4.82. The van der Waals surface area contributed by atoms with Crippen molar-refractivity contribution in [3.63, 3.8) is 0 Å². The monoisotopic (exact) mass is 362 g/mol. The summed E-state index contributed by atoms with van der Waals surface area (Å²) in [6.07, 6.45) is 4.36. The molecule has 0 radical (unpaired) electrons. The topological polar surface area (TPSA) is 95.6 Å². The number of anilines is 3. The average molecular weight is 362 g/mol. The number of aromatic nitrogens is 5. The van der Waals surface area contributed by atoms with E-state index in [0.717, 1.165) is 29.8 Å². The molecule has 0 aromatic carbocycles. The molecule has 4 rings (SSSR count). The summed E-state index contributed by atoms with van der Waals surface area (Å²) < 4.78 is 2.19. The molecule has 4 heterocycles. The number of hydrogen-bond acceptors (Lipinski definition) is 7. The van der Waals surface area contributed by atoms with Crippen molar-refractivity contribution in [3.05, 3.63) is 30.4 Å². The first kappa shape index (κ1) is 17.2. The van der Waals surface area contributed by atoms with E-state index in [-0.39, 0.29) is 5.92 Å². The highest BCUT2D eigenvalue weighted by Gasteiger charge is 2.24. The summed E-state index contributed by atoms with van der Waals surface area (Å²) >= 11 is 0. The second-order valence-electron chi connectivity index (χ2n) is 7.11. The van der Waals surface area contributed by atoms with Gasteiger partial charge in [0.15, 0.2) is 0 Å². The molecule has 0 saturated carbocycles. The van der Waals surface area contributed by atoms with Crippen molar-refractivity contribution in [2.75, 3.05) is 23.3 Å². The Morgan fingerprint density at radius 1 is 1.26 bits per heavy atom. The largest absolute Gasteiger partial charge is 0.339 e. The highest BCUT2D eigenvalue weighted by molar-refractivity contribution is 5.79. The summed E-state index contributed by atoms with van der Waals surface area (Å²) in [6, 6.07) is 6.46. The van der Waals surface area contributed by atoms with Gasteiger partial charge in [0.1, 0.15) is 23.0 Å². The maximum absolute atomic E-state index is 9.08. The molecule has 1 aliphatic rings. The van der Waals surface area contributed by atoms with Gasteiger partial charge in [0.05, 0.1) is 23.7 Å². The highest BCUT2D eigenvalue weighted by Crippen LogP contribution is 2.25. The zero-order valence-corrected chi connectivity index (χ0v) is 15.7. The van der Waals surface area contributed by atoms with Gasteiger partial charge in [0.2, 0.25) is 5.95 Å². The van der Waals surface area contributed by atoms with E-state index in [0.29, 0.717) is 30.2 Å². The molecule has 0 spiro atoms. The number of nitrogens with zero attached hydrogens (tertiary/aromatic N) is 7. The third kappa shape index (κ3) is 3.28. The summed E-state index contributed by atoms with van der Waals surface area (Å²) in [5, 5.41) is 12.4. The van der Waals surface area contributed by atoms with Crippen LogP contribution in [0, 0.1) is 24.2 Å². The van der Waals surface area contributed by atoms with Crippen LogP contribution >= 0.6 is 0 Å². The quantitative estimate of drug-likeness (QED) is 0.761. The average Bonchev–Trinajstić information content (AvgIpc) is 3.25. The SMILES string of the molecule is Cc1nc2cnc(Nc3ccnc(N4CCC(C#N)C4)n3)cc2n1C(C)C. The second-order valence-corrected chi connectivity index (χ2v) is 7.11. The van der Waals surface area contributed by atoms with Gasteiger partial charge >= 0.3 is 0 Å². The molecule has 3 aromatic heterocycles. The number of hydrogen-bond donors (Lipinski definition) is 1. The summed E-state index contributed by atoms with van der Waals surface area (Å²) in [5.41, 5.74) is 1.93. The number of fused-ring (bicyclic) bond motifs is 1. The molecule has 27 heavy (non-hydrogen) atoms. The lowest BCUT2D eigenvalue weighted by Gasteiger charge is -2.16. The van der Waals surface area contributed by atoms with Crippen LogP contribution in [0.4, 0.5) is 17.6 Å². The number of rotatable bonds is 4. The summed E-state index contributed by atoms with van der Waals surface area (Å²) in [4.78, 5) is 20.0. The number of nitrogens with one attached hydrogen (secondary N) is 1. The number of aryl methyl sites for hydroxylation is 1. The Hall–Kier alpha value is -3.21. The predicted molar refractivity (Wildman–Crippen MR) is 104 cm³/mol. The lowest BCUT2D eigenvalue weighted by molar-refractivity contribution is 0.600. The first-order chi connectivity index (χ1) is 13.0. The van der Waals surface area contributed by atoms with Crippen molar-refractivity contribution >= 4 is 28.6 Å². The van der Waals surface area contributed by atoms with Crippen LogP contribution in [0.25, 0.3) is 11.0 Å². The first-order valence-corrected chi connectivity index (χ1v) is 9.14. The summed E-state index contributed by atoms with van der Waals surface area (Å²) in [6.45, 7) is 7.77. The van der Waals surface area contributed by atoms with Crippen molar-refractivity contribution in [3.8, 4) is 6.07 Å². The van der Waals surface area contributed by atoms with Gasteiger partial charge in [-0.15, -0.1) is 0 Å². The van der Waals surface area contributed by atoms with Gasteiger partial charge in [-0.1, -0.05) is 0 Å². The lowest BCUT2D eigenvalue weighted by Crippen LogP contribution is -2.22. The van der Waals surface area contributed by atoms with E-state index in [2.05, 4.69) is 49.7 Å². The predicted octanol–water partition coefficient (Wildman–Crippen LogP) is 3.20. The van der Waals surface area contributed by atoms with Gasteiger partial charge in [0.25, 0.3) is 0 Å². The van der Waals surface area contributed by atoms with Gasteiger partial charge in [-0.25, -0.2) is 15.0 Å². The maximum atomic E-state index is 9.08. The fourth-order valence-electron chi connectivity index (χ4n) is 3.59. The van der Waals surface area contributed by atoms with Crippen molar-refractivity contribution < 1.29 is 0 Å². The van der Waals surface area contributed by atoms with Crippen LogP contribution in [0.3, 0.4) is 0 Å². The minimum atomic E-state index is 0.0499. The van der Waals surface area contributed by atoms with Crippen LogP contribution < -0.4 is 10.2 Å². The molecular formula is C19H22N8. The number of pyridine rings is 1. The molecule has 1 saturated heterocycles. The van der Waals surface area contributed by atoms with Crippen LogP contribution in [0.15, 0.2) is 24.5 Å². The van der Waals surface area contributed by atoms with Crippen LogP contribution in [0.2, 0.25) is 0 Å². The summed E-state index contributed by atoms with van der Waals surface area (Å²) in [7, 11) is 0. The Morgan fingerprint density at radius 2 is 2.11 bits per heavy atom. The maximum Gasteiger partial charge on any atom is 0.227 e. The van der Waals surface area contributed by atoms with Crippen molar-refractivity contribution in [1.29, 1.82) is 5.26 Å². The second kappa shape index (κ2) is 6.83. The Kier molecular flexibility index (Phi) is 4.36. The number of nitriles is 1. The van der Waals surface area contributed by atoms with Crippen molar-refractivity contribution in [1.82, 2.24) is 24.5 Å². The third-order valence-electron chi connectivity index (χ3n) is 4.82. The van der Waals surface area contributed by atoms with Gasteiger partial charge in [-0.3, -0.25) is 0 Å². The van der Waals surface area contributed by atoms with Gasteiger partial charge in [0, 0.05) is 31.4 Å². The molecule has 3 aromatic rings. The van der Waals surface area contributed by atoms with E-state index >= 15 is 0 Å². The molecule has 1 aliphatic heterocycles. The van der Waals surface area contributed by atoms with E-state index < -0.39 is 0 Å². The zero-order chi connectivity index (χ0) is 19.0. The molecule has 138 valence electrons. The highest BCUT2D eigenvalue weighted by atomic mass is 15.3. The molecule has 8 heteroatoms. The van der Waals surface area contributed by atoms with Gasteiger partial charge in [-0.05, 0) is 33.3 Å². The van der Waals surface area contributed by atoms with E-state index in [9.17, 15) is 0 Å². The Labute approximate surface area is 157 Å². The van der Waals surface area contributed by atoms with Crippen molar-refractivity contribution in [2.45, 2.75) is 33.2 Å². The Morgan fingerprint density at radius 3 is 2.85 bits per heavy atom. The molecule has 1 unspecified atom stereocenters. The molecule has 1 N–H and O–H groups in total. The Balaban J connectivity index is 1.60. The molecule has 0 bridgehead atoms. The minimum absolute atomic E-state index is 0.0499. The van der Waals surface area contributed by atoms with E-state index in [1.165, 1.54) is 0 Å².